The Morgan fingerprint density at radius 1 is 1.45 bits per heavy atom. The summed E-state index contributed by atoms with van der Waals surface area (Å²) in [5.74, 6) is 0. The van der Waals surface area contributed by atoms with Crippen LogP contribution in [0.25, 0.3) is 0 Å². The van der Waals surface area contributed by atoms with Crippen molar-refractivity contribution in [2.45, 2.75) is 19.3 Å². The van der Waals surface area contributed by atoms with E-state index in [4.69, 9.17) is 4.74 Å². The molecular formula is C9H19NO. The molecule has 0 amide bonds. The highest BCUT2D eigenvalue weighted by molar-refractivity contribution is 4.93. The quantitative estimate of drug-likeness (QED) is 0.447. The van der Waals surface area contributed by atoms with Gasteiger partial charge >= 0.3 is 0 Å². The molecule has 0 aliphatic heterocycles. The normalized spacial score (nSPS) is 10.0. The van der Waals surface area contributed by atoms with Crippen LogP contribution in [0.15, 0.2) is 12.2 Å². The Kier molecular flexibility index (Phi) is 7.52. The molecule has 2 heteroatoms. The largest absolute Gasteiger partial charge is 0.385 e. The van der Waals surface area contributed by atoms with Crippen molar-refractivity contribution in [3.63, 3.8) is 0 Å². The van der Waals surface area contributed by atoms with Crippen LogP contribution < -0.4 is 5.32 Å². The Balaban J connectivity index is 3.09. The number of nitrogens with one attached hydrogen (secondary N) is 1. The van der Waals surface area contributed by atoms with Gasteiger partial charge in [-0.15, -0.1) is 0 Å². The van der Waals surface area contributed by atoms with Crippen LogP contribution >= 0.6 is 0 Å². The molecular weight excluding hydrogens is 138 g/mol. The van der Waals surface area contributed by atoms with Crippen LogP contribution in [0.4, 0.5) is 0 Å². The first kappa shape index (κ1) is 10.7. The maximum Gasteiger partial charge on any atom is 0.0465 e. The van der Waals surface area contributed by atoms with Gasteiger partial charge in [-0.2, -0.15) is 0 Å². The highest BCUT2D eigenvalue weighted by atomic mass is 16.5. The van der Waals surface area contributed by atoms with Gasteiger partial charge in [-0.1, -0.05) is 12.2 Å². The van der Waals surface area contributed by atoms with Crippen LogP contribution in [0.5, 0.6) is 0 Å². The lowest BCUT2D eigenvalue weighted by Gasteiger charge is -2.03. The summed E-state index contributed by atoms with van der Waals surface area (Å²) in [5.41, 5.74) is 1.32. The van der Waals surface area contributed by atoms with Crippen molar-refractivity contribution in [1.82, 2.24) is 5.32 Å². The maximum atomic E-state index is 4.94. The fraction of sp³-hybridized carbons (Fsp3) is 0.778. The zero-order valence-electron chi connectivity index (χ0n) is 7.65. The van der Waals surface area contributed by atoms with Crippen molar-refractivity contribution in [3.05, 3.63) is 12.2 Å². The van der Waals surface area contributed by atoms with Gasteiger partial charge in [0.1, 0.15) is 0 Å². The van der Waals surface area contributed by atoms with Gasteiger partial charge in [0.2, 0.25) is 0 Å². The molecule has 0 aromatic carbocycles. The fourth-order valence-electron chi connectivity index (χ4n) is 0.893. The van der Waals surface area contributed by atoms with E-state index < -0.39 is 0 Å². The second-order valence-corrected chi connectivity index (χ2v) is 2.70. The van der Waals surface area contributed by atoms with Gasteiger partial charge in [0, 0.05) is 13.7 Å². The standard InChI is InChI=1S/C9H19NO/c1-9(6-7-10-2)5-4-8-11-3/h10H,1,4-8H2,2-3H3. The number of methoxy groups -OCH3 is 1. The SMILES string of the molecule is C=C(CCCOC)CCNC. The van der Waals surface area contributed by atoms with Crippen LogP contribution in [-0.2, 0) is 4.74 Å². The maximum absolute atomic E-state index is 4.94. The molecule has 0 rings (SSSR count). The van der Waals surface area contributed by atoms with E-state index in [1.54, 1.807) is 7.11 Å². The van der Waals surface area contributed by atoms with E-state index in [2.05, 4.69) is 11.9 Å². The van der Waals surface area contributed by atoms with Crippen LogP contribution in [0.3, 0.4) is 0 Å². The number of rotatable bonds is 7. The molecule has 0 aliphatic carbocycles. The van der Waals surface area contributed by atoms with E-state index in [1.165, 1.54) is 5.57 Å². The van der Waals surface area contributed by atoms with E-state index in [0.717, 1.165) is 32.4 Å². The molecule has 0 fully saturated rings. The molecule has 0 aromatic heterocycles. The van der Waals surface area contributed by atoms with Crippen molar-refractivity contribution in [1.29, 1.82) is 0 Å². The smallest absolute Gasteiger partial charge is 0.0465 e. The van der Waals surface area contributed by atoms with Gasteiger partial charge < -0.3 is 10.1 Å². The zero-order chi connectivity index (χ0) is 8.53. The predicted octanol–water partition coefficient (Wildman–Crippen LogP) is 1.58. The van der Waals surface area contributed by atoms with Crippen LogP contribution in [0.2, 0.25) is 0 Å². The third-order valence-corrected chi connectivity index (χ3v) is 1.61. The summed E-state index contributed by atoms with van der Waals surface area (Å²) in [6.45, 7) is 5.85. The molecule has 0 aromatic rings. The molecule has 0 unspecified atom stereocenters. The van der Waals surface area contributed by atoms with Crippen LogP contribution in [0.1, 0.15) is 19.3 Å². The van der Waals surface area contributed by atoms with Crippen molar-refractivity contribution in [2.75, 3.05) is 27.3 Å². The topological polar surface area (TPSA) is 21.3 Å². The molecule has 2 nitrogen and oxygen atoms in total. The average Bonchev–Trinajstić information content (AvgIpc) is 2.01. The molecule has 0 saturated heterocycles. The van der Waals surface area contributed by atoms with Crippen molar-refractivity contribution >= 4 is 0 Å². The molecule has 0 spiro atoms. The Morgan fingerprint density at radius 3 is 2.73 bits per heavy atom. The van der Waals surface area contributed by atoms with E-state index >= 15 is 0 Å². The lowest BCUT2D eigenvalue weighted by molar-refractivity contribution is 0.195. The van der Waals surface area contributed by atoms with E-state index in [0.29, 0.717) is 0 Å². The van der Waals surface area contributed by atoms with Gasteiger partial charge in [-0.3, -0.25) is 0 Å². The Hall–Kier alpha value is -0.340. The first-order valence-corrected chi connectivity index (χ1v) is 4.11. The molecule has 0 atom stereocenters. The van der Waals surface area contributed by atoms with Gasteiger partial charge in [0.25, 0.3) is 0 Å². The Bertz CT molecular complexity index is 102. The Labute approximate surface area is 69.6 Å². The monoisotopic (exact) mass is 157 g/mol. The summed E-state index contributed by atoms with van der Waals surface area (Å²) in [6, 6.07) is 0. The van der Waals surface area contributed by atoms with E-state index in [9.17, 15) is 0 Å². The number of hydrogen-bond donors (Lipinski definition) is 1. The number of ether oxygens (including phenoxy) is 1. The molecule has 1 N–H and O–H groups in total. The van der Waals surface area contributed by atoms with Crippen LogP contribution in [0, 0.1) is 0 Å². The minimum atomic E-state index is 0.846. The second kappa shape index (κ2) is 7.76. The van der Waals surface area contributed by atoms with Crippen molar-refractivity contribution in [2.24, 2.45) is 0 Å². The molecule has 0 radical (unpaired) electrons. The minimum Gasteiger partial charge on any atom is -0.385 e. The van der Waals surface area contributed by atoms with Gasteiger partial charge in [-0.05, 0) is 32.9 Å². The molecule has 0 bridgehead atoms. The highest BCUT2D eigenvalue weighted by Crippen LogP contribution is 2.05. The van der Waals surface area contributed by atoms with Crippen LogP contribution in [-0.4, -0.2) is 27.3 Å². The third kappa shape index (κ3) is 7.56. The van der Waals surface area contributed by atoms with Gasteiger partial charge in [0.15, 0.2) is 0 Å². The summed E-state index contributed by atoms with van der Waals surface area (Å²) in [6.07, 6.45) is 3.27. The Morgan fingerprint density at radius 2 is 2.18 bits per heavy atom. The summed E-state index contributed by atoms with van der Waals surface area (Å²) in [7, 11) is 3.69. The summed E-state index contributed by atoms with van der Waals surface area (Å²) in [4.78, 5) is 0. The summed E-state index contributed by atoms with van der Waals surface area (Å²) in [5, 5.41) is 3.10. The summed E-state index contributed by atoms with van der Waals surface area (Å²) < 4.78 is 4.94. The molecule has 0 heterocycles. The molecule has 66 valence electrons. The number of hydrogen-bond acceptors (Lipinski definition) is 2. The van der Waals surface area contributed by atoms with Gasteiger partial charge in [0.05, 0.1) is 0 Å². The fourth-order valence-corrected chi connectivity index (χ4v) is 0.893. The molecule has 11 heavy (non-hydrogen) atoms. The lowest BCUT2D eigenvalue weighted by atomic mass is 10.1. The minimum absolute atomic E-state index is 0.846. The highest BCUT2D eigenvalue weighted by Gasteiger charge is 1.92. The van der Waals surface area contributed by atoms with Gasteiger partial charge in [-0.25, -0.2) is 0 Å². The second-order valence-electron chi connectivity index (χ2n) is 2.70. The van der Waals surface area contributed by atoms with Crippen molar-refractivity contribution < 1.29 is 4.74 Å². The predicted molar refractivity (Wildman–Crippen MR) is 48.8 cm³/mol. The lowest BCUT2D eigenvalue weighted by Crippen LogP contribution is -2.08. The zero-order valence-corrected chi connectivity index (χ0v) is 7.65. The van der Waals surface area contributed by atoms with E-state index in [-0.39, 0.29) is 0 Å². The first-order valence-electron chi connectivity index (χ1n) is 4.11. The summed E-state index contributed by atoms with van der Waals surface area (Å²) >= 11 is 0. The average molecular weight is 157 g/mol. The first-order chi connectivity index (χ1) is 5.31. The molecule has 0 aliphatic rings. The van der Waals surface area contributed by atoms with Crippen molar-refractivity contribution in [3.8, 4) is 0 Å². The van der Waals surface area contributed by atoms with E-state index in [1.807, 2.05) is 7.05 Å². The third-order valence-electron chi connectivity index (χ3n) is 1.61. The molecule has 0 saturated carbocycles.